The number of nitrogens with zero attached hydrogens (tertiary/aromatic N) is 3. The second-order valence-corrected chi connectivity index (χ2v) is 6.08. The summed E-state index contributed by atoms with van der Waals surface area (Å²) in [6, 6.07) is 7.03. The summed E-state index contributed by atoms with van der Waals surface area (Å²) in [5.41, 5.74) is 1.26. The molecule has 3 heterocycles. The fourth-order valence-electron chi connectivity index (χ4n) is 2.87. The Morgan fingerprint density at radius 2 is 2.05 bits per heavy atom. The number of aromatic nitrogens is 1. The number of carbonyl (C=O) groups is 2. The summed E-state index contributed by atoms with van der Waals surface area (Å²) in [5.74, 6) is -0.798. The van der Waals surface area contributed by atoms with Crippen molar-refractivity contribution in [3.8, 4) is 0 Å². The second kappa shape index (κ2) is 4.48. The summed E-state index contributed by atoms with van der Waals surface area (Å²) < 4.78 is 1.94. The van der Waals surface area contributed by atoms with E-state index in [1.807, 2.05) is 0 Å². The lowest BCUT2D eigenvalue weighted by Crippen LogP contribution is -2.36. The molecule has 2 aliphatic heterocycles. The van der Waals surface area contributed by atoms with Crippen LogP contribution < -0.4 is 19.8 Å². The van der Waals surface area contributed by atoms with Gasteiger partial charge in [0.05, 0.1) is 17.8 Å². The summed E-state index contributed by atoms with van der Waals surface area (Å²) in [7, 11) is 0. The molecule has 2 aromatic rings. The maximum Gasteiger partial charge on any atom is 0.271 e. The highest BCUT2D eigenvalue weighted by atomic mass is 32.1. The molecule has 0 N–H and O–H groups in total. The van der Waals surface area contributed by atoms with Gasteiger partial charge in [-0.1, -0.05) is 29.5 Å². The topological polar surface area (TPSA) is 71.7 Å². The van der Waals surface area contributed by atoms with Gasteiger partial charge in [0.15, 0.2) is 4.80 Å². The van der Waals surface area contributed by atoms with Gasteiger partial charge in [-0.2, -0.15) is 0 Å². The molecular formula is C15H11N3O3S. The van der Waals surface area contributed by atoms with E-state index in [-0.39, 0.29) is 11.5 Å². The average Bonchev–Trinajstić information content (AvgIpc) is 3.12. The van der Waals surface area contributed by atoms with Crippen molar-refractivity contribution in [2.24, 2.45) is 4.99 Å². The number of imide groups is 1. The number of carbonyl (C=O) groups excluding carboxylic acids is 2. The molecule has 110 valence electrons. The molecule has 0 fully saturated rings. The normalized spacial score (nSPS) is 18.2. The maximum absolute atomic E-state index is 12.7. The molecule has 0 spiro atoms. The molecule has 1 aromatic heterocycles. The van der Waals surface area contributed by atoms with Crippen molar-refractivity contribution in [2.45, 2.75) is 13.5 Å². The second-order valence-electron chi connectivity index (χ2n) is 5.10. The smallest absolute Gasteiger partial charge is 0.271 e. The van der Waals surface area contributed by atoms with Gasteiger partial charge in [0.1, 0.15) is 4.53 Å². The van der Waals surface area contributed by atoms with E-state index < -0.39 is 5.91 Å². The van der Waals surface area contributed by atoms with Crippen molar-refractivity contribution >= 4 is 34.4 Å². The van der Waals surface area contributed by atoms with E-state index in [1.165, 1.54) is 18.3 Å². The van der Waals surface area contributed by atoms with E-state index in [9.17, 15) is 14.4 Å². The highest BCUT2D eigenvalue weighted by molar-refractivity contribution is 7.07. The Hall–Kier alpha value is -2.54. The zero-order chi connectivity index (χ0) is 15.4. The lowest BCUT2D eigenvalue weighted by molar-refractivity contribution is -0.122. The molecule has 0 radical (unpaired) electrons. The minimum atomic E-state index is -0.439. The minimum absolute atomic E-state index is 0.204. The molecule has 2 aliphatic rings. The largest absolute Gasteiger partial charge is 0.282 e. The third kappa shape index (κ3) is 1.59. The first-order valence-corrected chi connectivity index (χ1v) is 7.64. The number of fused-ring (bicyclic) bond motifs is 2. The first-order valence-electron chi connectivity index (χ1n) is 6.82. The maximum atomic E-state index is 12.7. The number of hydrogen-bond donors (Lipinski definition) is 0. The summed E-state index contributed by atoms with van der Waals surface area (Å²) in [6.07, 6.45) is 0. The summed E-state index contributed by atoms with van der Waals surface area (Å²) in [4.78, 5) is 43.0. The third-order valence-electron chi connectivity index (χ3n) is 3.81. The zero-order valence-electron chi connectivity index (χ0n) is 11.7. The fraction of sp³-hybridized carbons (Fsp3) is 0.200. The number of hydrogen-bond acceptors (Lipinski definition) is 5. The molecule has 0 bridgehead atoms. The number of thiazole rings is 1. The first-order chi connectivity index (χ1) is 10.6. The van der Waals surface area contributed by atoms with Crippen LogP contribution in [0.3, 0.4) is 0 Å². The Bertz CT molecular complexity index is 1020. The Balaban J connectivity index is 2.13. The molecule has 0 saturated carbocycles. The van der Waals surface area contributed by atoms with Crippen molar-refractivity contribution in [3.05, 3.63) is 49.5 Å². The van der Waals surface area contributed by atoms with Crippen LogP contribution in [-0.2, 0) is 16.1 Å². The van der Waals surface area contributed by atoms with Gasteiger partial charge in [0, 0.05) is 19.0 Å². The van der Waals surface area contributed by atoms with Gasteiger partial charge in [-0.25, -0.2) is 4.90 Å². The molecule has 2 amide bonds. The summed E-state index contributed by atoms with van der Waals surface area (Å²) in [6.45, 7) is 2.49. The minimum Gasteiger partial charge on any atom is -0.282 e. The van der Waals surface area contributed by atoms with Crippen molar-refractivity contribution in [1.82, 2.24) is 4.57 Å². The Labute approximate surface area is 128 Å². The zero-order valence-corrected chi connectivity index (χ0v) is 12.5. The van der Waals surface area contributed by atoms with Gasteiger partial charge in [-0.15, -0.1) is 0 Å². The summed E-state index contributed by atoms with van der Waals surface area (Å²) >= 11 is 1.21. The molecule has 22 heavy (non-hydrogen) atoms. The van der Waals surface area contributed by atoms with E-state index in [2.05, 4.69) is 4.99 Å². The first kappa shape index (κ1) is 13.1. The predicted molar refractivity (Wildman–Crippen MR) is 81.3 cm³/mol. The van der Waals surface area contributed by atoms with Gasteiger partial charge in [0.25, 0.3) is 11.5 Å². The molecular weight excluding hydrogens is 302 g/mol. The van der Waals surface area contributed by atoms with E-state index in [0.717, 1.165) is 4.90 Å². The molecule has 4 rings (SSSR count). The molecule has 0 unspecified atom stereocenters. The van der Waals surface area contributed by atoms with Crippen molar-refractivity contribution < 1.29 is 9.59 Å². The molecule has 7 heteroatoms. The van der Waals surface area contributed by atoms with Gasteiger partial charge in [0.2, 0.25) is 5.91 Å². The van der Waals surface area contributed by atoms with Crippen LogP contribution in [0.15, 0.2) is 34.1 Å². The number of benzene rings is 1. The fourth-order valence-corrected chi connectivity index (χ4v) is 3.99. The monoisotopic (exact) mass is 313 g/mol. The Morgan fingerprint density at radius 1 is 1.27 bits per heavy atom. The van der Waals surface area contributed by atoms with E-state index in [1.54, 1.807) is 28.8 Å². The van der Waals surface area contributed by atoms with Crippen LogP contribution in [0.1, 0.15) is 12.5 Å². The lowest BCUT2D eigenvalue weighted by Gasteiger charge is -2.11. The van der Waals surface area contributed by atoms with E-state index in [4.69, 9.17) is 0 Å². The predicted octanol–water partition coefficient (Wildman–Crippen LogP) is -0.365. The van der Waals surface area contributed by atoms with Crippen molar-refractivity contribution in [2.75, 3.05) is 11.4 Å². The summed E-state index contributed by atoms with van der Waals surface area (Å²) in [5, 5.41) is 0. The van der Waals surface area contributed by atoms with Crippen LogP contribution in [0.4, 0.5) is 5.69 Å². The average molecular weight is 313 g/mol. The highest BCUT2D eigenvalue weighted by Crippen LogP contribution is 2.34. The van der Waals surface area contributed by atoms with Gasteiger partial charge < -0.3 is 0 Å². The third-order valence-corrected chi connectivity index (χ3v) is 4.92. The number of anilines is 1. The number of rotatable bonds is 0. The lowest BCUT2D eigenvalue weighted by atomic mass is 10.1. The Kier molecular flexibility index (Phi) is 2.67. The molecule has 1 aromatic carbocycles. The molecule has 6 nitrogen and oxygen atoms in total. The SMILES string of the molecule is CC(=O)N1C(=O)C(=c2sc3n(c2=O)CCN=3)c2ccccc21. The van der Waals surface area contributed by atoms with Crippen LogP contribution in [0, 0.1) is 0 Å². The molecule has 0 atom stereocenters. The Morgan fingerprint density at radius 3 is 2.77 bits per heavy atom. The molecule has 0 saturated heterocycles. The highest BCUT2D eigenvalue weighted by Gasteiger charge is 2.36. The van der Waals surface area contributed by atoms with Crippen molar-refractivity contribution in [1.29, 1.82) is 0 Å². The number of para-hydroxylation sites is 1. The standard InChI is InChI=1S/C15H11N3O3S/c1-8(19)18-10-5-3-2-4-9(10)11(13(18)20)12-14(21)17-7-6-16-15(17)22-12/h2-5H,6-7H2,1H3. The van der Waals surface area contributed by atoms with Crippen LogP contribution in [-0.4, -0.2) is 22.9 Å². The van der Waals surface area contributed by atoms with Crippen LogP contribution in [0.5, 0.6) is 0 Å². The van der Waals surface area contributed by atoms with Crippen molar-refractivity contribution in [3.63, 3.8) is 0 Å². The van der Waals surface area contributed by atoms with Gasteiger partial charge >= 0.3 is 0 Å². The quantitative estimate of drug-likeness (QED) is 0.666. The molecule has 0 aliphatic carbocycles. The van der Waals surface area contributed by atoms with E-state index >= 15 is 0 Å². The van der Waals surface area contributed by atoms with Gasteiger partial charge in [-0.3, -0.25) is 23.9 Å². The van der Waals surface area contributed by atoms with E-state index in [0.29, 0.717) is 39.2 Å². The number of amides is 2. The van der Waals surface area contributed by atoms with Gasteiger partial charge in [-0.05, 0) is 6.07 Å². The van der Waals surface area contributed by atoms with Crippen LogP contribution >= 0.6 is 11.3 Å². The van der Waals surface area contributed by atoms with Crippen LogP contribution in [0.2, 0.25) is 0 Å². The van der Waals surface area contributed by atoms with Crippen LogP contribution in [0.25, 0.3) is 5.57 Å².